The number of aromatic nitrogens is 2. The van der Waals surface area contributed by atoms with Crippen LogP contribution in [0.2, 0.25) is 10.2 Å². The normalized spacial score (nSPS) is 9.57. The quantitative estimate of drug-likeness (QED) is 0.642. The summed E-state index contributed by atoms with van der Waals surface area (Å²) in [6, 6.07) is 0. The second kappa shape index (κ2) is 4.93. The van der Waals surface area contributed by atoms with Crippen LogP contribution in [-0.2, 0) is 4.79 Å². The van der Waals surface area contributed by atoms with Crippen LogP contribution in [0.5, 0.6) is 0 Å². The highest BCUT2D eigenvalue weighted by atomic mass is 35.5. The summed E-state index contributed by atoms with van der Waals surface area (Å²) in [5.74, 6) is -0.0461. The minimum atomic E-state index is -0.253. The van der Waals surface area contributed by atoms with Gasteiger partial charge in [-0.15, -0.1) is 6.58 Å². The fraction of sp³-hybridized carbons (Fsp3) is 0.125. The third kappa shape index (κ3) is 2.68. The van der Waals surface area contributed by atoms with Crippen molar-refractivity contribution in [2.75, 3.05) is 5.32 Å². The Hall–Kier alpha value is -1.13. The maximum Gasteiger partial charge on any atom is 0.229 e. The van der Waals surface area contributed by atoms with E-state index in [4.69, 9.17) is 23.2 Å². The number of hydrogen-bond donors (Lipinski definition) is 1. The van der Waals surface area contributed by atoms with Crippen molar-refractivity contribution in [1.29, 1.82) is 0 Å². The molecule has 4 nitrogen and oxygen atoms in total. The van der Waals surface area contributed by atoms with Gasteiger partial charge in [0.1, 0.15) is 11.3 Å². The van der Waals surface area contributed by atoms with Crippen LogP contribution in [0.3, 0.4) is 0 Å². The summed E-state index contributed by atoms with van der Waals surface area (Å²) in [7, 11) is 0. The zero-order valence-corrected chi connectivity index (χ0v) is 8.64. The lowest BCUT2D eigenvalue weighted by molar-refractivity contribution is -0.115. The first-order chi connectivity index (χ1) is 6.65. The largest absolute Gasteiger partial charge is 0.309 e. The van der Waals surface area contributed by atoms with Crippen molar-refractivity contribution in [3.8, 4) is 0 Å². The monoisotopic (exact) mass is 231 g/mol. The number of halogens is 2. The summed E-state index contributed by atoms with van der Waals surface area (Å²) in [5, 5.41) is 2.71. The lowest BCUT2D eigenvalue weighted by atomic mass is 10.4. The van der Waals surface area contributed by atoms with E-state index < -0.39 is 0 Å². The molecule has 0 fully saturated rings. The van der Waals surface area contributed by atoms with Crippen LogP contribution in [0.4, 0.5) is 5.82 Å². The van der Waals surface area contributed by atoms with Gasteiger partial charge in [-0.1, -0.05) is 29.3 Å². The fourth-order valence-corrected chi connectivity index (χ4v) is 1.03. The lowest BCUT2D eigenvalue weighted by Crippen LogP contribution is -2.11. The van der Waals surface area contributed by atoms with Crippen molar-refractivity contribution in [2.24, 2.45) is 0 Å². The third-order valence-corrected chi connectivity index (χ3v) is 2.08. The molecule has 1 rings (SSSR count). The van der Waals surface area contributed by atoms with Gasteiger partial charge in [0.05, 0.1) is 0 Å². The average molecular weight is 232 g/mol. The third-order valence-electron chi connectivity index (χ3n) is 1.33. The molecule has 14 heavy (non-hydrogen) atoms. The SMILES string of the molecule is C=CCC(=O)Nc1ncnc(Cl)c1Cl. The van der Waals surface area contributed by atoms with Crippen LogP contribution in [0.1, 0.15) is 6.42 Å². The molecule has 1 N–H and O–H groups in total. The Kier molecular flexibility index (Phi) is 3.85. The van der Waals surface area contributed by atoms with E-state index in [-0.39, 0.29) is 28.3 Å². The van der Waals surface area contributed by atoms with Crippen molar-refractivity contribution in [3.05, 3.63) is 29.2 Å². The number of amides is 1. The van der Waals surface area contributed by atoms with Gasteiger partial charge in [0.15, 0.2) is 11.0 Å². The van der Waals surface area contributed by atoms with Gasteiger partial charge in [-0.05, 0) is 0 Å². The Labute approximate surface area is 91.0 Å². The highest BCUT2D eigenvalue weighted by Gasteiger charge is 2.09. The zero-order valence-electron chi connectivity index (χ0n) is 7.13. The van der Waals surface area contributed by atoms with E-state index in [1.165, 1.54) is 12.4 Å². The first-order valence-corrected chi connectivity index (χ1v) is 4.47. The molecule has 0 saturated heterocycles. The highest BCUT2D eigenvalue weighted by molar-refractivity contribution is 6.42. The standard InChI is InChI=1S/C8H7Cl2N3O/c1-2-3-5(14)13-8-6(9)7(10)11-4-12-8/h2,4H,1,3H2,(H,11,12,13,14). The van der Waals surface area contributed by atoms with Crippen molar-refractivity contribution in [1.82, 2.24) is 9.97 Å². The topological polar surface area (TPSA) is 54.9 Å². The van der Waals surface area contributed by atoms with E-state index >= 15 is 0 Å². The second-order valence-corrected chi connectivity index (χ2v) is 3.10. The van der Waals surface area contributed by atoms with Crippen LogP contribution in [0.15, 0.2) is 19.0 Å². The summed E-state index contributed by atoms with van der Waals surface area (Å²) in [6.07, 6.45) is 2.89. The average Bonchev–Trinajstić information content (AvgIpc) is 2.13. The smallest absolute Gasteiger partial charge is 0.229 e. The summed E-state index contributed by atoms with van der Waals surface area (Å²) in [5.41, 5.74) is 0. The zero-order chi connectivity index (χ0) is 10.6. The molecule has 0 aliphatic carbocycles. The number of nitrogens with one attached hydrogen (secondary N) is 1. The summed E-state index contributed by atoms with van der Waals surface area (Å²) >= 11 is 11.4. The first-order valence-electron chi connectivity index (χ1n) is 3.72. The van der Waals surface area contributed by atoms with E-state index in [1.54, 1.807) is 0 Å². The van der Waals surface area contributed by atoms with Crippen molar-refractivity contribution >= 4 is 34.9 Å². The number of rotatable bonds is 3. The van der Waals surface area contributed by atoms with Crippen LogP contribution in [0, 0.1) is 0 Å². The van der Waals surface area contributed by atoms with E-state index in [0.29, 0.717) is 0 Å². The van der Waals surface area contributed by atoms with Crippen LogP contribution >= 0.6 is 23.2 Å². The molecule has 0 aromatic carbocycles. The predicted octanol–water partition coefficient (Wildman–Crippen LogP) is 2.30. The van der Waals surface area contributed by atoms with Gasteiger partial charge in [-0.3, -0.25) is 4.79 Å². The van der Waals surface area contributed by atoms with Crippen molar-refractivity contribution in [3.63, 3.8) is 0 Å². The second-order valence-electron chi connectivity index (χ2n) is 2.37. The van der Waals surface area contributed by atoms with Gasteiger partial charge >= 0.3 is 0 Å². The molecule has 1 amide bonds. The first kappa shape index (κ1) is 10.9. The fourth-order valence-electron chi connectivity index (χ4n) is 0.750. The maximum atomic E-state index is 11.1. The molecular weight excluding hydrogens is 225 g/mol. The molecule has 0 saturated carbocycles. The summed E-state index contributed by atoms with van der Waals surface area (Å²) in [6.45, 7) is 3.43. The van der Waals surface area contributed by atoms with E-state index in [2.05, 4.69) is 21.9 Å². The number of carbonyl (C=O) groups excluding carboxylic acids is 1. The van der Waals surface area contributed by atoms with Crippen LogP contribution in [-0.4, -0.2) is 15.9 Å². The number of carbonyl (C=O) groups is 1. The minimum Gasteiger partial charge on any atom is -0.309 e. The van der Waals surface area contributed by atoms with E-state index in [0.717, 1.165) is 0 Å². The molecule has 0 spiro atoms. The van der Waals surface area contributed by atoms with E-state index in [9.17, 15) is 4.79 Å². The van der Waals surface area contributed by atoms with Gasteiger partial charge in [0.2, 0.25) is 5.91 Å². The van der Waals surface area contributed by atoms with Crippen LogP contribution < -0.4 is 5.32 Å². The number of nitrogens with zero attached hydrogens (tertiary/aromatic N) is 2. The van der Waals surface area contributed by atoms with Crippen molar-refractivity contribution < 1.29 is 4.79 Å². The molecule has 0 aliphatic rings. The molecule has 0 bridgehead atoms. The molecular formula is C8H7Cl2N3O. The minimum absolute atomic E-state index is 0.107. The molecule has 0 aliphatic heterocycles. The highest BCUT2D eigenvalue weighted by Crippen LogP contribution is 2.25. The number of hydrogen-bond acceptors (Lipinski definition) is 3. The molecule has 0 atom stereocenters. The van der Waals surface area contributed by atoms with Gasteiger partial charge in [-0.2, -0.15) is 0 Å². The molecule has 1 aromatic rings. The van der Waals surface area contributed by atoms with E-state index in [1.807, 2.05) is 0 Å². The lowest BCUT2D eigenvalue weighted by Gasteiger charge is -2.04. The summed E-state index contributed by atoms with van der Waals surface area (Å²) < 4.78 is 0. The Morgan fingerprint density at radius 3 is 2.93 bits per heavy atom. The summed E-state index contributed by atoms with van der Waals surface area (Å²) in [4.78, 5) is 18.5. The van der Waals surface area contributed by atoms with Crippen molar-refractivity contribution in [2.45, 2.75) is 6.42 Å². The van der Waals surface area contributed by atoms with Gasteiger partial charge < -0.3 is 5.32 Å². The predicted molar refractivity (Wildman–Crippen MR) is 55.5 cm³/mol. The molecule has 0 unspecified atom stereocenters. The van der Waals surface area contributed by atoms with Gasteiger partial charge in [-0.25, -0.2) is 9.97 Å². The Balaban J connectivity index is 2.81. The maximum absolute atomic E-state index is 11.1. The number of anilines is 1. The molecule has 1 aromatic heterocycles. The molecule has 1 heterocycles. The Morgan fingerprint density at radius 2 is 2.29 bits per heavy atom. The Bertz CT molecular complexity index is 368. The molecule has 6 heteroatoms. The van der Waals surface area contributed by atoms with Gasteiger partial charge in [0.25, 0.3) is 0 Å². The molecule has 74 valence electrons. The molecule has 0 radical (unpaired) electrons. The van der Waals surface area contributed by atoms with Gasteiger partial charge in [0, 0.05) is 6.42 Å². The van der Waals surface area contributed by atoms with Crippen LogP contribution in [0.25, 0.3) is 0 Å². The Morgan fingerprint density at radius 1 is 1.57 bits per heavy atom.